The molecule has 0 atom stereocenters. The number of nitrogens with one attached hydrogen (secondary N) is 1. The van der Waals surface area contributed by atoms with Crippen molar-refractivity contribution in [3.05, 3.63) is 24.0 Å². The molecule has 0 bridgehead atoms. The lowest BCUT2D eigenvalue weighted by Gasteiger charge is -1.96. The van der Waals surface area contributed by atoms with Crippen LogP contribution >= 0.6 is 0 Å². The summed E-state index contributed by atoms with van der Waals surface area (Å²) in [7, 11) is 0. The van der Waals surface area contributed by atoms with Crippen LogP contribution in [0.1, 0.15) is 6.42 Å². The zero-order valence-corrected chi connectivity index (χ0v) is 5.82. The molecule has 11 heavy (non-hydrogen) atoms. The van der Waals surface area contributed by atoms with Gasteiger partial charge >= 0.3 is 6.09 Å². The van der Waals surface area contributed by atoms with Crippen LogP contribution in [0.2, 0.25) is 0 Å². The van der Waals surface area contributed by atoms with Crippen LogP contribution < -0.4 is 5.32 Å². The molecule has 0 aliphatic carbocycles. The molecule has 0 aromatic carbocycles. The Morgan fingerprint density at radius 1 is 1.73 bits per heavy atom. The first-order valence-electron chi connectivity index (χ1n) is 3.17. The highest BCUT2D eigenvalue weighted by atomic mass is 16.4. The van der Waals surface area contributed by atoms with Gasteiger partial charge in [-0.15, -0.1) is 0 Å². The number of hydrogen-bond acceptors (Lipinski definition) is 2. The lowest BCUT2D eigenvalue weighted by atomic mass is 10.3. The van der Waals surface area contributed by atoms with Crippen LogP contribution in [0.5, 0.6) is 0 Å². The van der Waals surface area contributed by atoms with E-state index in [9.17, 15) is 4.79 Å². The Morgan fingerprint density at radius 2 is 2.55 bits per heavy atom. The molecular formula is C7H8N2O2. The predicted molar refractivity (Wildman–Crippen MR) is 41.5 cm³/mol. The molecule has 2 N–H and O–H groups in total. The van der Waals surface area contributed by atoms with Crippen molar-refractivity contribution in [1.29, 1.82) is 0 Å². The molecular weight excluding hydrogens is 144 g/mol. The lowest BCUT2D eigenvalue weighted by Crippen LogP contribution is -2.18. The molecule has 0 saturated carbocycles. The van der Waals surface area contributed by atoms with Crippen molar-refractivity contribution in [2.24, 2.45) is 4.99 Å². The highest BCUT2D eigenvalue weighted by Crippen LogP contribution is 1.97. The highest BCUT2D eigenvalue weighted by molar-refractivity contribution is 5.69. The molecule has 0 radical (unpaired) electrons. The van der Waals surface area contributed by atoms with Crippen LogP contribution in [0.3, 0.4) is 0 Å². The SMILES string of the molecule is O=C(O)NC1=CN=CCC=C1. The molecule has 1 aliphatic rings. The zero-order valence-electron chi connectivity index (χ0n) is 5.82. The van der Waals surface area contributed by atoms with Gasteiger partial charge in [-0.25, -0.2) is 4.79 Å². The number of carboxylic acid groups (broad SMARTS) is 1. The molecule has 0 aromatic rings. The van der Waals surface area contributed by atoms with Gasteiger partial charge in [-0.1, -0.05) is 6.08 Å². The molecule has 0 fully saturated rings. The third kappa shape index (κ3) is 2.66. The van der Waals surface area contributed by atoms with Gasteiger partial charge in [0.15, 0.2) is 0 Å². The largest absolute Gasteiger partial charge is 0.465 e. The van der Waals surface area contributed by atoms with Crippen molar-refractivity contribution in [3.63, 3.8) is 0 Å². The summed E-state index contributed by atoms with van der Waals surface area (Å²) in [5.41, 5.74) is 0.492. The maximum Gasteiger partial charge on any atom is 0.409 e. The fraction of sp³-hybridized carbons (Fsp3) is 0.143. The van der Waals surface area contributed by atoms with Crippen LogP contribution in [0.25, 0.3) is 0 Å². The summed E-state index contributed by atoms with van der Waals surface area (Å²) in [6.07, 6.45) is 6.35. The standard InChI is InChI=1S/C7H8N2O2/c10-7(11)9-6-3-1-2-4-8-5-6/h1,3-5,9H,2H2,(H,10,11). The number of aliphatic imine (C=N–C) groups is 1. The molecule has 0 saturated heterocycles. The predicted octanol–water partition coefficient (Wildman–Crippen LogP) is 1.13. The molecule has 1 heterocycles. The highest BCUT2D eigenvalue weighted by Gasteiger charge is 1.97. The molecule has 58 valence electrons. The van der Waals surface area contributed by atoms with Crippen molar-refractivity contribution in [2.45, 2.75) is 6.42 Å². The summed E-state index contributed by atoms with van der Waals surface area (Å²) in [6.45, 7) is 0. The van der Waals surface area contributed by atoms with Crippen molar-refractivity contribution < 1.29 is 9.90 Å². The van der Waals surface area contributed by atoms with Gasteiger partial charge in [0.2, 0.25) is 0 Å². The van der Waals surface area contributed by atoms with Crippen molar-refractivity contribution in [1.82, 2.24) is 5.32 Å². The Bertz CT molecular complexity index is 241. The first kappa shape index (κ1) is 7.53. The van der Waals surface area contributed by atoms with E-state index in [4.69, 9.17) is 5.11 Å². The summed E-state index contributed by atoms with van der Waals surface area (Å²) in [6, 6.07) is 0. The van der Waals surface area contributed by atoms with E-state index in [1.807, 2.05) is 6.08 Å². The van der Waals surface area contributed by atoms with Gasteiger partial charge in [0.25, 0.3) is 0 Å². The minimum absolute atomic E-state index is 0.492. The Balaban J connectivity index is 2.62. The van der Waals surface area contributed by atoms with Crippen molar-refractivity contribution in [2.75, 3.05) is 0 Å². The quantitative estimate of drug-likeness (QED) is 0.591. The van der Waals surface area contributed by atoms with Crippen LogP contribution in [-0.2, 0) is 0 Å². The lowest BCUT2D eigenvalue weighted by molar-refractivity contribution is 0.198. The fourth-order valence-corrected chi connectivity index (χ4v) is 0.690. The van der Waals surface area contributed by atoms with Gasteiger partial charge in [-0.3, -0.25) is 10.3 Å². The topological polar surface area (TPSA) is 61.7 Å². The Morgan fingerprint density at radius 3 is 3.27 bits per heavy atom. The zero-order chi connectivity index (χ0) is 8.10. The van der Waals surface area contributed by atoms with E-state index in [1.54, 1.807) is 12.3 Å². The smallest absolute Gasteiger partial charge is 0.409 e. The summed E-state index contributed by atoms with van der Waals surface area (Å²) in [5, 5.41) is 10.5. The van der Waals surface area contributed by atoms with Gasteiger partial charge in [-0.05, 0) is 6.08 Å². The normalized spacial score (nSPS) is 15.5. The van der Waals surface area contributed by atoms with E-state index in [1.165, 1.54) is 6.20 Å². The summed E-state index contributed by atoms with van der Waals surface area (Å²) in [4.78, 5) is 14.0. The van der Waals surface area contributed by atoms with E-state index in [2.05, 4.69) is 10.3 Å². The van der Waals surface area contributed by atoms with Crippen LogP contribution in [-0.4, -0.2) is 17.4 Å². The van der Waals surface area contributed by atoms with Gasteiger partial charge in [-0.2, -0.15) is 0 Å². The van der Waals surface area contributed by atoms with E-state index in [0.29, 0.717) is 5.70 Å². The average Bonchev–Trinajstić information content (AvgIpc) is 2.14. The first-order chi connectivity index (χ1) is 5.29. The number of carbonyl (C=O) groups is 1. The Labute approximate surface area is 63.9 Å². The number of nitrogens with zero attached hydrogens (tertiary/aromatic N) is 1. The second-order valence-electron chi connectivity index (χ2n) is 1.98. The van der Waals surface area contributed by atoms with E-state index < -0.39 is 6.09 Å². The monoisotopic (exact) mass is 152 g/mol. The van der Waals surface area contributed by atoms with Gasteiger partial charge in [0, 0.05) is 12.6 Å². The summed E-state index contributed by atoms with van der Waals surface area (Å²) in [5.74, 6) is 0. The molecule has 4 nitrogen and oxygen atoms in total. The number of allylic oxidation sites excluding steroid dienone is 2. The van der Waals surface area contributed by atoms with Crippen LogP contribution in [0.15, 0.2) is 29.0 Å². The second kappa shape index (κ2) is 3.55. The molecule has 1 amide bonds. The Kier molecular flexibility index (Phi) is 2.43. The minimum Gasteiger partial charge on any atom is -0.465 e. The average molecular weight is 152 g/mol. The third-order valence-electron chi connectivity index (χ3n) is 1.11. The van der Waals surface area contributed by atoms with Gasteiger partial charge in [0.05, 0.1) is 11.9 Å². The van der Waals surface area contributed by atoms with E-state index in [-0.39, 0.29) is 0 Å². The molecule has 1 aliphatic heterocycles. The molecule has 1 rings (SSSR count). The molecule has 0 unspecified atom stereocenters. The summed E-state index contributed by atoms with van der Waals surface area (Å²) >= 11 is 0. The van der Waals surface area contributed by atoms with E-state index >= 15 is 0 Å². The summed E-state index contributed by atoms with van der Waals surface area (Å²) < 4.78 is 0. The number of amides is 1. The van der Waals surface area contributed by atoms with Crippen LogP contribution in [0, 0.1) is 0 Å². The second-order valence-corrected chi connectivity index (χ2v) is 1.98. The van der Waals surface area contributed by atoms with Gasteiger partial charge < -0.3 is 5.11 Å². The first-order valence-corrected chi connectivity index (χ1v) is 3.17. The van der Waals surface area contributed by atoms with E-state index in [0.717, 1.165) is 6.42 Å². The third-order valence-corrected chi connectivity index (χ3v) is 1.11. The maximum absolute atomic E-state index is 10.1. The molecule has 4 heteroatoms. The number of rotatable bonds is 1. The maximum atomic E-state index is 10.1. The number of hydrogen-bond donors (Lipinski definition) is 2. The minimum atomic E-state index is -1.07. The molecule has 0 aromatic heterocycles. The van der Waals surface area contributed by atoms with Crippen molar-refractivity contribution >= 4 is 12.3 Å². The van der Waals surface area contributed by atoms with Crippen molar-refractivity contribution in [3.8, 4) is 0 Å². The molecule has 0 spiro atoms. The fourth-order valence-electron chi connectivity index (χ4n) is 0.690. The Hall–Kier alpha value is -1.58. The van der Waals surface area contributed by atoms with Gasteiger partial charge in [0.1, 0.15) is 0 Å². The van der Waals surface area contributed by atoms with Crippen LogP contribution in [0.4, 0.5) is 4.79 Å².